The molecule has 50 heavy (non-hydrogen) atoms. The molecule has 4 aromatic carbocycles. The molecule has 2 amide bonds. The predicted molar refractivity (Wildman–Crippen MR) is 194 cm³/mol. The van der Waals surface area contributed by atoms with Gasteiger partial charge in [-0.05, 0) is 62.6 Å². The van der Waals surface area contributed by atoms with Gasteiger partial charge in [-0.3, -0.25) is 24.0 Å². The fraction of sp³-hybridized carbons (Fsp3) is 0.297. The number of anilines is 1. The number of nitro groups is 1. The number of benzene rings is 4. The van der Waals surface area contributed by atoms with Gasteiger partial charge in [-0.25, -0.2) is 8.42 Å². The monoisotopic (exact) mass is 720 g/mol. The lowest BCUT2D eigenvalue weighted by Crippen LogP contribution is -2.54. The van der Waals surface area contributed by atoms with E-state index in [4.69, 9.17) is 16.3 Å². The minimum absolute atomic E-state index is 0.0128. The highest BCUT2D eigenvalue weighted by atomic mass is 35.5. The highest BCUT2D eigenvalue weighted by Gasteiger charge is 2.36. The Morgan fingerprint density at radius 2 is 1.64 bits per heavy atom. The predicted octanol–water partition coefficient (Wildman–Crippen LogP) is 6.62. The molecule has 0 aliphatic rings. The minimum atomic E-state index is -4.67. The van der Waals surface area contributed by atoms with E-state index < -0.39 is 49.9 Å². The summed E-state index contributed by atoms with van der Waals surface area (Å²) >= 11 is 6.35. The van der Waals surface area contributed by atoms with Crippen molar-refractivity contribution in [3.63, 3.8) is 0 Å². The van der Waals surface area contributed by atoms with Crippen LogP contribution >= 0.6 is 11.6 Å². The van der Waals surface area contributed by atoms with E-state index in [-0.39, 0.29) is 41.0 Å². The zero-order valence-electron chi connectivity index (χ0n) is 28.6. The van der Waals surface area contributed by atoms with Crippen LogP contribution in [-0.2, 0) is 32.6 Å². The second-order valence-electron chi connectivity index (χ2n) is 12.1. The molecule has 13 heteroatoms. The van der Waals surface area contributed by atoms with Crippen molar-refractivity contribution in [3.8, 4) is 5.75 Å². The zero-order chi connectivity index (χ0) is 36.6. The molecule has 0 fully saturated rings. The number of nitro benzene ring substituents is 1. The van der Waals surface area contributed by atoms with Gasteiger partial charge in [0.15, 0.2) is 0 Å². The summed E-state index contributed by atoms with van der Waals surface area (Å²) in [5.74, 6) is -1.00. The zero-order valence-corrected chi connectivity index (χ0v) is 30.2. The van der Waals surface area contributed by atoms with Gasteiger partial charge in [-0.1, -0.05) is 84.8 Å². The lowest BCUT2D eigenvalue weighted by molar-refractivity contribution is -0.385. The molecule has 1 N–H and O–H groups in total. The summed E-state index contributed by atoms with van der Waals surface area (Å²) in [6, 6.07) is 23.3. The molecule has 4 rings (SSSR count). The first kappa shape index (κ1) is 37.9. The summed E-state index contributed by atoms with van der Waals surface area (Å²) in [6.45, 7) is 6.43. The van der Waals surface area contributed by atoms with Crippen molar-refractivity contribution in [3.05, 3.63) is 128 Å². The number of rotatable bonds is 15. The Balaban J connectivity index is 1.89. The fourth-order valence-electron chi connectivity index (χ4n) is 5.33. The molecule has 0 bridgehead atoms. The van der Waals surface area contributed by atoms with Gasteiger partial charge in [0.25, 0.3) is 15.7 Å². The van der Waals surface area contributed by atoms with Crippen LogP contribution in [0.1, 0.15) is 42.5 Å². The van der Waals surface area contributed by atoms with Crippen molar-refractivity contribution < 1.29 is 27.7 Å². The van der Waals surface area contributed by atoms with E-state index in [1.165, 1.54) is 49.3 Å². The molecular weight excluding hydrogens is 680 g/mol. The Bertz CT molecular complexity index is 1940. The Hall–Kier alpha value is -4.94. The summed E-state index contributed by atoms with van der Waals surface area (Å²) < 4.78 is 35.3. The Kier molecular flexibility index (Phi) is 12.6. The van der Waals surface area contributed by atoms with Crippen LogP contribution in [0.15, 0.2) is 95.9 Å². The van der Waals surface area contributed by atoms with Gasteiger partial charge in [0.05, 0.1) is 22.6 Å². The molecule has 264 valence electrons. The van der Waals surface area contributed by atoms with E-state index in [2.05, 4.69) is 5.32 Å². The number of methoxy groups -OCH3 is 1. The topological polar surface area (TPSA) is 139 Å². The van der Waals surface area contributed by atoms with E-state index in [1.54, 1.807) is 0 Å². The largest absolute Gasteiger partial charge is 0.495 e. The normalized spacial score (nSPS) is 12.4. The maximum absolute atomic E-state index is 14.7. The maximum atomic E-state index is 14.7. The first-order chi connectivity index (χ1) is 23.7. The number of hydrogen-bond acceptors (Lipinski definition) is 7. The van der Waals surface area contributed by atoms with Crippen LogP contribution in [0, 0.1) is 24.0 Å². The molecule has 0 saturated carbocycles. The molecule has 4 aromatic rings. The first-order valence-electron chi connectivity index (χ1n) is 16.1. The van der Waals surface area contributed by atoms with Crippen molar-refractivity contribution in [1.82, 2.24) is 10.2 Å². The molecule has 2 atom stereocenters. The fourth-order valence-corrected chi connectivity index (χ4v) is 6.93. The average Bonchev–Trinajstić information content (AvgIpc) is 3.09. The van der Waals surface area contributed by atoms with Gasteiger partial charge in [0.1, 0.15) is 18.3 Å². The second-order valence-corrected chi connectivity index (χ2v) is 14.4. The second kappa shape index (κ2) is 16.6. The van der Waals surface area contributed by atoms with Gasteiger partial charge < -0.3 is 15.0 Å². The highest BCUT2D eigenvalue weighted by Crippen LogP contribution is 2.36. The van der Waals surface area contributed by atoms with E-state index >= 15 is 0 Å². The smallest absolute Gasteiger partial charge is 0.273 e. The third kappa shape index (κ3) is 9.19. The van der Waals surface area contributed by atoms with Crippen molar-refractivity contribution in [2.24, 2.45) is 0 Å². The van der Waals surface area contributed by atoms with Crippen LogP contribution in [0.5, 0.6) is 5.75 Å². The Labute approximate surface area is 298 Å². The van der Waals surface area contributed by atoms with E-state index in [0.29, 0.717) is 6.42 Å². The Morgan fingerprint density at radius 3 is 2.26 bits per heavy atom. The number of ether oxygens (including phenoxy) is 1. The van der Waals surface area contributed by atoms with Crippen molar-refractivity contribution >= 4 is 44.8 Å². The van der Waals surface area contributed by atoms with Crippen LogP contribution < -0.4 is 14.4 Å². The van der Waals surface area contributed by atoms with Gasteiger partial charge in [-0.15, -0.1) is 0 Å². The number of halogens is 1. The number of aryl methyl sites for hydroxylation is 2. The van der Waals surface area contributed by atoms with Gasteiger partial charge in [-0.2, -0.15) is 0 Å². The van der Waals surface area contributed by atoms with Crippen LogP contribution in [0.3, 0.4) is 0 Å². The molecule has 0 aliphatic heterocycles. The van der Waals surface area contributed by atoms with Crippen molar-refractivity contribution in [2.45, 2.75) is 64.1 Å². The lowest BCUT2D eigenvalue weighted by Gasteiger charge is -2.34. The minimum Gasteiger partial charge on any atom is -0.495 e. The maximum Gasteiger partial charge on any atom is 0.273 e. The van der Waals surface area contributed by atoms with E-state index in [1.807, 2.05) is 75.4 Å². The lowest BCUT2D eigenvalue weighted by atomic mass is 10.0. The van der Waals surface area contributed by atoms with Crippen LogP contribution in [0.25, 0.3) is 0 Å². The number of nitrogens with zero attached hydrogens (tertiary/aromatic N) is 3. The summed E-state index contributed by atoms with van der Waals surface area (Å²) in [6.07, 6.45) is 0.803. The number of amides is 2. The molecular formula is C37H41ClN4O7S. The third-order valence-corrected chi connectivity index (χ3v) is 10.4. The van der Waals surface area contributed by atoms with Gasteiger partial charge in [0, 0.05) is 35.7 Å². The van der Waals surface area contributed by atoms with Crippen LogP contribution in [0.2, 0.25) is 5.02 Å². The average molecular weight is 721 g/mol. The summed E-state index contributed by atoms with van der Waals surface area (Å²) in [7, 11) is -3.33. The molecule has 0 unspecified atom stereocenters. The quantitative estimate of drug-likeness (QED) is 0.108. The number of sulfonamides is 1. The van der Waals surface area contributed by atoms with Crippen molar-refractivity contribution in [1.29, 1.82) is 0 Å². The first-order valence-corrected chi connectivity index (χ1v) is 17.9. The van der Waals surface area contributed by atoms with Crippen LogP contribution in [0.4, 0.5) is 11.4 Å². The Morgan fingerprint density at radius 1 is 0.960 bits per heavy atom. The molecule has 0 aliphatic carbocycles. The SMILES string of the molecule is CC[C@H](C)NC(=O)[C@@H](Cc1ccccc1)N(Cc1ccc(C)cc1)C(=O)CN(c1cc(Cl)ccc1OC)S(=O)(=O)c1ccc(C)c([N+](=O)[O-])c1. The van der Waals surface area contributed by atoms with E-state index in [0.717, 1.165) is 27.1 Å². The summed E-state index contributed by atoms with van der Waals surface area (Å²) in [5.41, 5.74) is 2.32. The molecule has 11 nitrogen and oxygen atoms in total. The van der Waals surface area contributed by atoms with Crippen LogP contribution in [-0.4, -0.2) is 55.8 Å². The van der Waals surface area contributed by atoms with Gasteiger partial charge in [0.2, 0.25) is 11.8 Å². The number of carbonyl (C=O) groups excluding carboxylic acids is 2. The van der Waals surface area contributed by atoms with Crippen molar-refractivity contribution in [2.75, 3.05) is 18.0 Å². The number of nitrogens with one attached hydrogen (secondary N) is 1. The summed E-state index contributed by atoms with van der Waals surface area (Å²) in [5, 5.41) is 15.0. The number of hydrogen-bond donors (Lipinski definition) is 1. The summed E-state index contributed by atoms with van der Waals surface area (Å²) in [4.78, 5) is 40.9. The molecule has 0 spiro atoms. The number of carbonyl (C=O) groups is 2. The van der Waals surface area contributed by atoms with E-state index in [9.17, 15) is 28.1 Å². The molecule has 0 aromatic heterocycles. The molecule has 0 radical (unpaired) electrons. The standard InChI is InChI=1S/C37H41ClN4O7S/c1-6-27(4)39-37(44)34(20-28-10-8-7-9-11-28)40(23-29-15-12-25(2)13-16-29)36(43)24-41(33-21-30(38)17-19-35(33)49-5)50(47,48)31-18-14-26(3)32(22-31)42(45)46/h7-19,21-22,27,34H,6,20,23-24H2,1-5H3,(H,39,44)/t27-,34+/m0/s1. The highest BCUT2D eigenvalue weighted by molar-refractivity contribution is 7.92. The third-order valence-electron chi connectivity index (χ3n) is 8.40. The molecule has 0 saturated heterocycles. The molecule has 0 heterocycles. The van der Waals surface area contributed by atoms with Gasteiger partial charge >= 0.3 is 0 Å².